The lowest BCUT2D eigenvalue weighted by Gasteiger charge is -2.42. The summed E-state index contributed by atoms with van der Waals surface area (Å²) in [5.74, 6) is 0.187. The average Bonchev–Trinajstić information content (AvgIpc) is 3.40. The molecule has 0 fully saturated rings. The van der Waals surface area contributed by atoms with Crippen LogP contribution in [0.4, 0.5) is 10.8 Å². The number of rotatable bonds is 8. The highest BCUT2D eigenvalue weighted by Gasteiger charge is 2.45. The van der Waals surface area contributed by atoms with Crippen molar-refractivity contribution in [3.63, 3.8) is 0 Å². The van der Waals surface area contributed by atoms with Gasteiger partial charge in [-0.3, -0.25) is 14.5 Å². The average molecular weight is 621 g/mol. The van der Waals surface area contributed by atoms with Crippen LogP contribution in [0.2, 0.25) is 5.02 Å². The van der Waals surface area contributed by atoms with Gasteiger partial charge < -0.3 is 15.8 Å². The summed E-state index contributed by atoms with van der Waals surface area (Å²) in [7, 11) is 0. The van der Waals surface area contributed by atoms with Crippen molar-refractivity contribution in [2.24, 2.45) is 11.1 Å². The van der Waals surface area contributed by atoms with Crippen molar-refractivity contribution in [2.45, 2.75) is 43.9 Å². The van der Waals surface area contributed by atoms with Crippen LogP contribution in [0.1, 0.15) is 45.1 Å². The fourth-order valence-electron chi connectivity index (χ4n) is 5.23. The van der Waals surface area contributed by atoms with Crippen LogP contribution in [0, 0.1) is 16.7 Å². The summed E-state index contributed by atoms with van der Waals surface area (Å²) in [5.41, 5.74) is 9.33. The number of nitriles is 1. The molecule has 0 bridgehead atoms. The molecule has 1 unspecified atom stereocenters. The van der Waals surface area contributed by atoms with E-state index in [4.69, 9.17) is 22.1 Å². The molecule has 0 saturated carbocycles. The van der Waals surface area contributed by atoms with Crippen molar-refractivity contribution >= 4 is 57.2 Å². The molecule has 1 aliphatic heterocycles. The zero-order valence-corrected chi connectivity index (χ0v) is 25.7. The molecule has 2 aromatic carbocycles. The highest BCUT2D eigenvalue weighted by molar-refractivity contribution is 8.01. The third-order valence-electron chi connectivity index (χ3n) is 6.93. The van der Waals surface area contributed by atoms with Crippen molar-refractivity contribution in [2.75, 3.05) is 22.6 Å². The Bertz CT molecular complexity index is 1640. The summed E-state index contributed by atoms with van der Waals surface area (Å²) >= 11 is 8.49. The molecule has 0 spiro atoms. The van der Waals surface area contributed by atoms with E-state index in [9.17, 15) is 14.9 Å². The highest BCUT2D eigenvalue weighted by Crippen LogP contribution is 2.50. The van der Waals surface area contributed by atoms with Gasteiger partial charge in [0, 0.05) is 28.4 Å². The summed E-state index contributed by atoms with van der Waals surface area (Å²) in [5, 5.41) is 22.7. The number of thioether (sulfide) groups is 1. The third-order valence-corrected chi connectivity index (χ3v) is 9.20. The minimum atomic E-state index is -0.600. The van der Waals surface area contributed by atoms with Gasteiger partial charge in [-0.05, 0) is 54.7 Å². The number of hydrogen-bond donors (Lipinski definition) is 2. The molecule has 1 aromatic heterocycles. The Morgan fingerprint density at radius 2 is 2.02 bits per heavy atom. The quantitative estimate of drug-likeness (QED) is 0.280. The van der Waals surface area contributed by atoms with E-state index in [2.05, 4.69) is 21.6 Å². The van der Waals surface area contributed by atoms with Gasteiger partial charge in [-0.15, -0.1) is 10.2 Å². The molecular weight excluding hydrogens is 592 g/mol. The van der Waals surface area contributed by atoms with Gasteiger partial charge >= 0.3 is 0 Å². The molecule has 1 aliphatic carbocycles. The standard InChI is InChI=1S/C30H29ClN6O3S2/c1-4-40-20-10-8-17(9-11-20)25-21(15-32)27(33)37(22-13-30(2,3)14-23(38)26(22)25)28-35-36-29(42-28)41-16-24(39)34-19-7-5-6-18(31)12-19/h5-12,25H,4,13-14,16,33H2,1-3H3,(H,34,39). The monoisotopic (exact) mass is 620 g/mol. The number of nitrogens with two attached hydrogens (primary N) is 1. The van der Waals surface area contributed by atoms with E-state index < -0.39 is 5.92 Å². The Labute approximate surface area is 257 Å². The van der Waals surface area contributed by atoms with Gasteiger partial charge in [-0.2, -0.15) is 5.26 Å². The summed E-state index contributed by atoms with van der Waals surface area (Å²) in [6, 6.07) is 16.6. The molecule has 2 aliphatic rings. The Morgan fingerprint density at radius 1 is 1.26 bits per heavy atom. The molecule has 5 rings (SSSR count). The summed E-state index contributed by atoms with van der Waals surface area (Å²) in [6.07, 6.45) is 0.913. The maximum absolute atomic E-state index is 13.7. The predicted octanol–water partition coefficient (Wildman–Crippen LogP) is 6.26. The molecule has 3 aromatic rings. The van der Waals surface area contributed by atoms with Crippen LogP contribution in [0.15, 0.2) is 75.5 Å². The smallest absolute Gasteiger partial charge is 0.234 e. The predicted molar refractivity (Wildman–Crippen MR) is 165 cm³/mol. The van der Waals surface area contributed by atoms with Crippen LogP contribution >= 0.6 is 34.7 Å². The zero-order chi connectivity index (χ0) is 30.0. The Hall–Kier alpha value is -3.85. The highest BCUT2D eigenvalue weighted by atomic mass is 35.5. The number of ketones is 1. The molecule has 1 atom stereocenters. The molecular formula is C30H29ClN6O3S2. The number of carbonyl (C=O) groups excluding carboxylic acids is 2. The molecule has 0 saturated heterocycles. The minimum Gasteiger partial charge on any atom is -0.494 e. The van der Waals surface area contributed by atoms with Crippen LogP contribution in [-0.4, -0.2) is 34.2 Å². The first-order chi connectivity index (χ1) is 20.1. The van der Waals surface area contributed by atoms with Crippen molar-refractivity contribution in [1.82, 2.24) is 10.2 Å². The molecule has 1 amide bonds. The van der Waals surface area contributed by atoms with Gasteiger partial charge in [0.1, 0.15) is 11.6 Å². The lowest BCUT2D eigenvalue weighted by atomic mass is 9.68. The number of ether oxygens (including phenoxy) is 1. The van der Waals surface area contributed by atoms with Crippen LogP contribution in [0.25, 0.3) is 0 Å². The number of hydrogen-bond acceptors (Lipinski definition) is 10. The van der Waals surface area contributed by atoms with Crippen molar-refractivity contribution in [3.8, 4) is 11.8 Å². The van der Waals surface area contributed by atoms with Crippen LogP contribution in [0.5, 0.6) is 5.75 Å². The largest absolute Gasteiger partial charge is 0.494 e. The molecule has 2 heterocycles. The van der Waals surface area contributed by atoms with Gasteiger partial charge in [-0.1, -0.05) is 66.7 Å². The first kappa shape index (κ1) is 29.6. The van der Waals surface area contributed by atoms with E-state index in [0.717, 1.165) is 11.3 Å². The Kier molecular flexibility index (Phi) is 8.59. The molecule has 9 nitrogen and oxygen atoms in total. The second-order valence-corrected chi connectivity index (χ2v) is 13.3. The SMILES string of the molecule is CCOc1ccc(C2C(C#N)=C(N)N(c3nnc(SCC(=O)Nc4cccc(Cl)c4)s3)C3=C2C(=O)CC(C)(C)C3)cc1. The fourth-order valence-corrected chi connectivity index (χ4v) is 7.10. The van der Waals surface area contributed by atoms with E-state index in [1.165, 1.54) is 23.1 Å². The lowest BCUT2D eigenvalue weighted by molar-refractivity contribution is -0.118. The van der Waals surface area contributed by atoms with Crippen molar-refractivity contribution in [1.29, 1.82) is 5.26 Å². The van der Waals surface area contributed by atoms with Gasteiger partial charge in [0.05, 0.1) is 29.9 Å². The maximum atomic E-state index is 13.7. The number of halogens is 1. The number of amides is 1. The molecule has 12 heteroatoms. The number of nitrogens with one attached hydrogen (secondary N) is 1. The van der Waals surface area contributed by atoms with Gasteiger partial charge in [-0.25, -0.2) is 0 Å². The topological polar surface area (TPSA) is 134 Å². The number of anilines is 2. The van der Waals surface area contributed by atoms with Crippen LogP contribution in [-0.2, 0) is 9.59 Å². The van der Waals surface area contributed by atoms with E-state index in [1.54, 1.807) is 29.2 Å². The second kappa shape index (κ2) is 12.2. The summed E-state index contributed by atoms with van der Waals surface area (Å²) in [4.78, 5) is 27.9. The normalized spacial score (nSPS) is 18.0. The number of Topliss-reactive ketones (excluding diaryl/α,β-unsaturated/α-hetero) is 1. The molecule has 3 N–H and O–H groups in total. The fraction of sp³-hybridized carbons (Fsp3) is 0.300. The Balaban J connectivity index is 1.46. The number of allylic oxidation sites excluding steroid dienone is 3. The van der Waals surface area contributed by atoms with E-state index >= 15 is 0 Å². The maximum Gasteiger partial charge on any atom is 0.234 e. The summed E-state index contributed by atoms with van der Waals surface area (Å²) in [6.45, 7) is 6.52. The van der Waals surface area contributed by atoms with Crippen molar-refractivity contribution < 1.29 is 14.3 Å². The van der Waals surface area contributed by atoms with Crippen LogP contribution < -0.4 is 20.7 Å². The zero-order valence-electron chi connectivity index (χ0n) is 23.3. The minimum absolute atomic E-state index is 0.0258. The Morgan fingerprint density at radius 3 is 2.71 bits per heavy atom. The van der Waals surface area contributed by atoms with Crippen LogP contribution in [0.3, 0.4) is 0 Å². The number of aromatic nitrogens is 2. The molecule has 42 heavy (non-hydrogen) atoms. The number of carbonyl (C=O) groups is 2. The van der Waals surface area contributed by atoms with E-state index in [1.807, 2.05) is 45.0 Å². The lowest BCUT2D eigenvalue weighted by Crippen LogP contribution is -2.42. The summed E-state index contributed by atoms with van der Waals surface area (Å²) < 4.78 is 6.14. The van der Waals surface area contributed by atoms with Gasteiger partial charge in [0.15, 0.2) is 10.1 Å². The van der Waals surface area contributed by atoms with Gasteiger partial charge in [0.2, 0.25) is 11.0 Å². The number of nitrogens with zero attached hydrogens (tertiary/aromatic N) is 4. The first-order valence-electron chi connectivity index (χ1n) is 13.3. The van der Waals surface area contributed by atoms with E-state index in [-0.39, 0.29) is 34.3 Å². The van der Waals surface area contributed by atoms with Gasteiger partial charge in [0.25, 0.3) is 0 Å². The third kappa shape index (κ3) is 6.16. The molecule has 0 radical (unpaired) electrons. The molecule has 216 valence electrons. The second-order valence-electron chi connectivity index (χ2n) is 10.7. The van der Waals surface area contributed by atoms with Crippen molar-refractivity contribution in [3.05, 3.63) is 81.8 Å². The number of benzene rings is 2. The first-order valence-corrected chi connectivity index (χ1v) is 15.5. The van der Waals surface area contributed by atoms with E-state index in [0.29, 0.717) is 51.0 Å².